The molecule has 2 aliphatic rings. The lowest BCUT2D eigenvalue weighted by atomic mass is 9.90. The molecular formula is C24H30Br2N2O6. The van der Waals surface area contributed by atoms with Crippen LogP contribution < -0.4 is 0 Å². The molecule has 0 bridgehead atoms. The number of β-lactam (4-membered cyclic amide) rings is 2. The SMILES string of the molecule is C=C(Br)C[C@@H](O)[C@H]1[C@@H](OC)C(=O)N1CCC#CC#CCCN1C(=O)[C@H](OC)[C@@H]1[C@H](O)CC(=C)Br. The van der Waals surface area contributed by atoms with E-state index in [9.17, 15) is 19.8 Å². The minimum absolute atomic E-state index is 0.173. The molecule has 2 fully saturated rings. The lowest BCUT2D eigenvalue weighted by Gasteiger charge is -2.48. The number of amides is 2. The van der Waals surface area contributed by atoms with Crippen molar-refractivity contribution >= 4 is 43.7 Å². The molecule has 6 atom stereocenters. The van der Waals surface area contributed by atoms with Crippen molar-refractivity contribution in [3.8, 4) is 23.7 Å². The van der Waals surface area contributed by atoms with Gasteiger partial charge >= 0.3 is 0 Å². The molecule has 2 saturated heterocycles. The zero-order valence-electron chi connectivity index (χ0n) is 19.3. The van der Waals surface area contributed by atoms with Gasteiger partial charge in [0.25, 0.3) is 11.8 Å². The fourth-order valence-electron chi connectivity index (χ4n) is 4.15. The summed E-state index contributed by atoms with van der Waals surface area (Å²) in [6, 6.07) is -0.871. The number of carbonyl (C=O) groups is 2. The third kappa shape index (κ3) is 6.94. The van der Waals surface area contributed by atoms with E-state index in [2.05, 4.69) is 68.7 Å². The maximum absolute atomic E-state index is 12.2. The Hall–Kier alpha value is -1.66. The first-order valence-electron chi connectivity index (χ1n) is 10.8. The molecule has 2 amide bonds. The summed E-state index contributed by atoms with van der Waals surface area (Å²) in [6.45, 7) is 8.18. The van der Waals surface area contributed by atoms with E-state index in [0.29, 0.717) is 47.7 Å². The summed E-state index contributed by atoms with van der Waals surface area (Å²) < 4.78 is 11.7. The molecular weight excluding hydrogens is 572 g/mol. The molecule has 0 spiro atoms. The van der Waals surface area contributed by atoms with Gasteiger partial charge in [0.2, 0.25) is 0 Å². The van der Waals surface area contributed by atoms with Crippen molar-refractivity contribution in [3.05, 3.63) is 22.1 Å². The minimum Gasteiger partial charge on any atom is -0.390 e. The molecule has 8 nitrogen and oxygen atoms in total. The van der Waals surface area contributed by atoms with Gasteiger partial charge in [-0.2, -0.15) is 0 Å². The first-order valence-corrected chi connectivity index (χ1v) is 12.4. The third-order valence-electron chi connectivity index (χ3n) is 5.75. The first kappa shape index (κ1) is 28.6. The van der Waals surface area contributed by atoms with Gasteiger partial charge in [0.15, 0.2) is 12.2 Å². The van der Waals surface area contributed by atoms with Crippen molar-refractivity contribution in [2.24, 2.45) is 0 Å². The molecule has 0 aliphatic carbocycles. The number of ether oxygens (including phenoxy) is 2. The van der Waals surface area contributed by atoms with Crippen molar-refractivity contribution in [1.82, 2.24) is 9.80 Å². The largest absolute Gasteiger partial charge is 0.390 e. The second kappa shape index (κ2) is 13.4. The van der Waals surface area contributed by atoms with Crippen LogP contribution in [0.15, 0.2) is 22.1 Å². The van der Waals surface area contributed by atoms with Crippen LogP contribution in [0.5, 0.6) is 0 Å². The number of hydrogen-bond acceptors (Lipinski definition) is 6. The second-order valence-electron chi connectivity index (χ2n) is 8.04. The number of nitrogens with zero attached hydrogens (tertiary/aromatic N) is 2. The average molecular weight is 602 g/mol. The number of carbonyl (C=O) groups excluding carboxylic acids is 2. The van der Waals surface area contributed by atoms with Crippen molar-refractivity contribution in [3.63, 3.8) is 0 Å². The highest BCUT2D eigenvalue weighted by atomic mass is 79.9. The molecule has 2 rings (SSSR count). The van der Waals surface area contributed by atoms with Gasteiger partial charge in [-0.15, -0.1) is 0 Å². The maximum Gasteiger partial charge on any atom is 0.254 e. The van der Waals surface area contributed by atoms with Gasteiger partial charge in [0.05, 0.1) is 24.3 Å². The molecule has 2 aliphatic heterocycles. The first-order chi connectivity index (χ1) is 16.1. The minimum atomic E-state index is -0.779. The summed E-state index contributed by atoms with van der Waals surface area (Å²) in [4.78, 5) is 27.6. The molecule has 10 heteroatoms. The standard InChI is InChI=1S/C24H30Br2N2O6/c1-15(25)13-17(29)19-21(33-3)23(31)27(19)11-9-7-5-6-8-10-12-28-20(18(30)14-16(2)26)22(34-4)24(28)32/h17-22,29-30H,1-2,9-14H2,3-4H3/t17-,18-,19+,20+,21-,22-/m1/s1. The number of likely N-dealkylation sites (tertiary alicyclic amines) is 2. The second-order valence-corrected chi connectivity index (χ2v) is 10.3. The Morgan fingerprint density at radius 3 is 1.53 bits per heavy atom. The van der Waals surface area contributed by atoms with Crippen molar-refractivity contribution < 1.29 is 29.3 Å². The van der Waals surface area contributed by atoms with Crippen molar-refractivity contribution in [1.29, 1.82) is 0 Å². The van der Waals surface area contributed by atoms with Gasteiger partial charge in [0.1, 0.15) is 0 Å². The van der Waals surface area contributed by atoms with E-state index < -0.39 is 36.5 Å². The maximum atomic E-state index is 12.2. The zero-order chi connectivity index (χ0) is 25.4. The van der Waals surface area contributed by atoms with Crippen LogP contribution in [-0.2, 0) is 19.1 Å². The van der Waals surface area contributed by atoms with Gasteiger partial charge < -0.3 is 29.5 Å². The Morgan fingerprint density at radius 1 is 0.882 bits per heavy atom. The Bertz CT molecular complexity index is 844. The van der Waals surface area contributed by atoms with Crippen molar-refractivity contribution in [2.75, 3.05) is 27.3 Å². The van der Waals surface area contributed by atoms with E-state index >= 15 is 0 Å². The van der Waals surface area contributed by atoms with Crippen LogP contribution in [0.25, 0.3) is 0 Å². The molecule has 0 saturated carbocycles. The van der Waals surface area contributed by atoms with Crippen LogP contribution >= 0.6 is 31.9 Å². The highest BCUT2D eigenvalue weighted by molar-refractivity contribution is 9.12. The third-order valence-corrected chi connectivity index (χ3v) is 6.39. The highest BCUT2D eigenvalue weighted by Crippen LogP contribution is 2.30. The molecule has 186 valence electrons. The molecule has 0 aromatic carbocycles. The van der Waals surface area contributed by atoms with E-state index in [4.69, 9.17) is 9.47 Å². The molecule has 2 heterocycles. The number of hydrogen-bond donors (Lipinski definition) is 2. The van der Waals surface area contributed by atoms with Crippen LogP contribution in [0.1, 0.15) is 25.7 Å². The van der Waals surface area contributed by atoms with E-state index in [1.807, 2.05) is 0 Å². The quantitative estimate of drug-likeness (QED) is 0.260. The van der Waals surface area contributed by atoms with Crippen LogP contribution in [0.3, 0.4) is 0 Å². The topological polar surface area (TPSA) is 99.5 Å². The van der Waals surface area contributed by atoms with E-state index in [1.54, 1.807) is 9.80 Å². The van der Waals surface area contributed by atoms with E-state index in [0.717, 1.165) is 0 Å². The zero-order valence-corrected chi connectivity index (χ0v) is 22.5. The smallest absolute Gasteiger partial charge is 0.254 e. The van der Waals surface area contributed by atoms with E-state index in [1.165, 1.54) is 14.2 Å². The monoisotopic (exact) mass is 600 g/mol. The predicted molar refractivity (Wildman–Crippen MR) is 135 cm³/mol. The number of rotatable bonds is 12. The number of methoxy groups -OCH3 is 2. The Balaban J connectivity index is 1.81. The predicted octanol–water partition coefficient (Wildman–Crippen LogP) is 1.54. The summed E-state index contributed by atoms with van der Waals surface area (Å²) in [6.07, 6.45) is -1.44. The Labute approximate surface area is 217 Å². The van der Waals surface area contributed by atoms with E-state index in [-0.39, 0.29) is 11.8 Å². The van der Waals surface area contributed by atoms with Crippen LogP contribution in [0.4, 0.5) is 0 Å². The summed E-state index contributed by atoms with van der Waals surface area (Å²) in [7, 11) is 2.89. The van der Waals surface area contributed by atoms with Crippen LogP contribution in [-0.4, -0.2) is 95.6 Å². The van der Waals surface area contributed by atoms with Crippen LogP contribution in [0, 0.1) is 23.7 Å². The summed E-state index contributed by atoms with van der Waals surface area (Å²) >= 11 is 6.46. The normalized spacial score (nSPS) is 25.2. The molecule has 2 N–H and O–H groups in total. The lowest BCUT2D eigenvalue weighted by molar-refractivity contribution is -0.180. The van der Waals surface area contributed by atoms with Gasteiger partial charge in [-0.3, -0.25) is 9.59 Å². The fourth-order valence-corrected chi connectivity index (χ4v) is 4.82. The molecule has 0 unspecified atom stereocenters. The lowest BCUT2D eigenvalue weighted by Crippen LogP contribution is -2.69. The van der Waals surface area contributed by atoms with Crippen molar-refractivity contribution in [2.45, 2.75) is 62.2 Å². The van der Waals surface area contributed by atoms with Gasteiger partial charge in [-0.1, -0.05) is 56.9 Å². The van der Waals surface area contributed by atoms with Crippen LogP contribution in [0.2, 0.25) is 0 Å². The molecule has 0 aromatic rings. The Morgan fingerprint density at radius 2 is 1.24 bits per heavy atom. The number of aliphatic hydroxyl groups is 2. The summed E-state index contributed by atoms with van der Waals surface area (Å²) in [5.41, 5.74) is 0. The summed E-state index contributed by atoms with van der Waals surface area (Å²) in [5, 5.41) is 20.7. The van der Waals surface area contributed by atoms with Gasteiger partial charge in [-0.25, -0.2) is 0 Å². The Kier molecular flexibility index (Phi) is 11.3. The highest BCUT2D eigenvalue weighted by Gasteiger charge is 2.51. The average Bonchev–Trinajstić information content (AvgIpc) is 2.75. The molecule has 0 aromatic heterocycles. The number of aliphatic hydroxyl groups excluding tert-OH is 2. The summed E-state index contributed by atoms with van der Waals surface area (Å²) in [5.74, 6) is 11.0. The van der Waals surface area contributed by atoms with Gasteiger partial charge in [0, 0.05) is 53.0 Å². The fraction of sp³-hybridized carbons (Fsp3) is 0.583. The number of halogens is 2. The molecule has 0 radical (unpaired) electrons. The molecule has 34 heavy (non-hydrogen) atoms. The van der Waals surface area contributed by atoms with Gasteiger partial charge in [-0.05, 0) is 20.8 Å².